The molecule has 3 nitrogen and oxygen atoms in total. The van der Waals surface area contributed by atoms with Crippen molar-refractivity contribution in [1.29, 1.82) is 0 Å². The molecule has 0 unspecified atom stereocenters. The first-order valence-electron chi connectivity index (χ1n) is 5.79. The van der Waals surface area contributed by atoms with Crippen LogP contribution < -0.4 is 4.74 Å². The molecule has 21 heavy (non-hydrogen) atoms. The predicted molar refractivity (Wildman–Crippen MR) is 82.3 cm³/mol. The topological polar surface area (TPSA) is 46.5 Å². The molecular weight excluding hydrogens is 363 g/mol. The Hall–Kier alpha value is -1.85. The fraction of sp³-hybridized carbons (Fsp3) is 0. The van der Waals surface area contributed by atoms with Gasteiger partial charge in [0.25, 0.3) is 0 Å². The van der Waals surface area contributed by atoms with Gasteiger partial charge in [-0.25, -0.2) is 9.18 Å². The molecule has 0 heterocycles. The largest absolute Gasteiger partial charge is 0.478 e. The molecule has 0 bridgehead atoms. The van der Waals surface area contributed by atoms with Crippen LogP contribution in [0.3, 0.4) is 0 Å². The van der Waals surface area contributed by atoms with Gasteiger partial charge in [-0.05, 0) is 52.3 Å². The van der Waals surface area contributed by atoms with E-state index in [4.69, 9.17) is 21.4 Å². The highest BCUT2D eigenvalue weighted by Gasteiger charge is 2.08. The normalized spacial score (nSPS) is 10.8. The van der Waals surface area contributed by atoms with Crippen LogP contribution >= 0.6 is 27.5 Å². The molecule has 0 amide bonds. The Kier molecular flexibility index (Phi) is 4.98. The third-order valence-electron chi connectivity index (χ3n) is 2.49. The number of carboxylic acid groups (broad SMARTS) is 1. The fourth-order valence-corrected chi connectivity index (χ4v) is 2.09. The van der Waals surface area contributed by atoms with Crippen LogP contribution in [-0.2, 0) is 4.79 Å². The first kappa shape index (κ1) is 15.5. The van der Waals surface area contributed by atoms with E-state index in [1.54, 1.807) is 18.2 Å². The second-order valence-corrected chi connectivity index (χ2v) is 5.32. The van der Waals surface area contributed by atoms with E-state index in [1.165, 1.54) is 24.3 Å². The Bertz CT molecular complexity index is 716. The average Bonchev–Trinajstić information content (AvgIpc) is 2.43. The molecule has 6 heteroatoms. The number of hydrogen-bond acceptors (Lipinski definition) is 2. The lowest BCUT2D eigenvalue weighted by atomic mass is 10.2. The zero-order valence-corrected chi connectivity index (χ0v) is 12.9. The van der Waals surface area contributed by atoms with Crippen molar-refractivity contribution in [3.63, 3.8) is 0 Å². The molecule has 2 rings (SSSR count). The quantitative estimate of drug-likeness (QED) is 0.758. The van der Waals surface area contributed by atoms with Gasteiger partial charge in [-0.2, -0.15) is 0 Å². The van der Waals surface area contributed by atoms with Crippen molar-refractivity contribution in [2.45, 2.75) is 0 Å². The molecule has 0 aliphatic heterocycles. The minimum absolute atomic E-state index is 0.280. The molecule has 0 aliphatic carbocycles. The average molecular weight is 372 g/mol. The number of benzene rings is 2. The van der Waals surface area contributed by atoms with Crippen molar-refractivity contribution in [2.24, 2.45) is 0 Å². The lowest BCUT2D eigenvalue weighted by molar-refractivity contribution is -0.131. The van der Waals surface area contributed by atoms with E-state index in [1.807, 2.05) is 0 Å². The smallest absolute Gasteiger partial charge is 0.328 e. The van der Waals surface area contributed by atoms with Gasteiger partial charge in [-0.15, -0.1) is 0 Å². The summed E-state index contributed by atoms with van der Waals surface area (Å²) in [6.45, 7) is 0. The van der Waals surface area contributed by atoms with Crippen LogP contribution in [0.25, 0.3) is 6.08 Å². The van der Waals surface area contributed by atoms with E-state index in [9.17, 15) is 9.18 Å². The number of carboxylic acids is 1. The van der Waals surface area contributed by atoms with Crippen LogP contribution in [0.15, 0.2) is 46.9 Å². The van der Waals surface area contributed by atoms with E-state index < -0.39 is 11.8 Å². The summed E-state index contributed by atoms with van der Waals surface area (Å²) in [6.07, 6.45) is 2.33. The molecule has 108 valence electrons. The van der Waals surface area contributed by atoms with E-state index in [-0.39, 0.29) is 5.75 Å². The van der Waals surface area contributed by atoms with Gasteiger partial charge < -0.3 is 9.84 Å². The van der Waals surface area contributed by atoms with Crippen molar-refractivity contribution in [2.75, 3.05) is 0 Å². The van der Waals surface area contributed by atoms with Gasteiger partial charge >= 0.3 is 5.97 Å². The number of ether oxygens (including phenoxy) is 1. The van der Waals surface area contributed by atoms with Gasteiger partial charge in [-0.1, -0.05) is 11.6 Å². The molecule has 2 aromatic carbocycles. The standard InChI is InChI=1S/C15H9BrClFO3/c16-12-4-3-11(18)8-14(12)21-13-5-2-10(17)7-9(13)1-6-15(19)20/h1-8H,(H,19,20)/b6-1+. The maximum absolute atomic E-state index is 13.3. The van der Waals surface area contributed by atoms with Crippen LogP contribution in [-0.4, -0.2) is 11.1 Å². The Morgan fingerprint density at radius 3 is 2.71 bits per heavy atom. The summed E-state index contributed by atoms with van der Waals surface area (Å²) in [5.74, 6) is -0.886. The second-order valence-electron chi connectivity index (χ2n) is 4.03. The van der Waals surface area contributed by atoms with Crippen molar-refractivity contribution < 1.29 is 19.0 Å². The fourth-order valence-electron chi connectivity index (χ4n) is 1.58. The maximum atomic E-state index is 13.3. The number of rotatable bonds is 4. The third kappa shape index (κ3) is 4.31. The minimum Gasteiger partial charge on any atom is -0.478 e. The molecule has 0 atom stereocenters. The molecule has 2 aromatic rings. The molecule has 0 saturated carbocycles. The Morgan fingerprint density at radius 1 is 1.24 bits per heavy atom. The molecular formula is C15H9BrClFO3. The van der Waals surface area contributed by atoms with E-state index >= 15 is 0 Å². The van der Waals surface area contributed by atoms with Gasteiger partial charge in [-0.3, -0.25) is 0 Å². The molecule has 0 fully saturated rings. The number of hydrogen-bond donors (Lipinski definition) is 1. The Labute approximate surface area is 133 Å². The van der Waals surface area contributed by atoms with Crippen molar-refractivity contribution in [1.82, 2.24) is 0 Å². The molecule has 0 spiro atoms. The highest BCUT2D eigenvalue weighted by atomic mass is 79.9. The van der Waals surface area contributed by atoms with Crippen molar-refractivity contribution in [3.8, 4) is 11.5 Å². The Morgan fingerprint density at radius 2 is 2.00 bits per heavy atom. The monoisotopic (exact) mass is 370 g/mol. The highest BCUT2D eigenvalue weighted by molar-refractivity contribution is 9.10. The molecule has 1 N–H and O–H groups in total. The summed E-state index contributed by atoms with van der Waals surface area (Å²) < 4.78 is 19.4. The molecule has 0 aromatic heterocycles. The predicted octanol–water partition coefficient (Wildman–Crippen LogP) is 5.13. The van der Waals surface area contributed by atoms with Crippen LogP contribution in [0.5, 0.6) is 11.5 Å². The van der Waals surface area contributed by atoms with E-state index in [0.717, 1.165) is 6.08 Å². The first-order chi connectivity index (χ1) is 9.95. The number of aliphatic carboxylic acids is 1. The van der Waals surface area contributed by atoms with Gasteiger partial charge in [0.2, 0.25) is 0 Å². The molecule has 0 radical (unpaired) electrons. The highest BCUT2D eigenvalue weighted by Crippen LogP contribution is 2.33. The van der Waals surface area contributed by atoms with Crippen LogP contribution in [0.1, 0.15) is 5.56 Å². The summed E-state index contributed by atoms with van der Waals surface area (Å²) in [7, 11) is 0. The van der Waals surface area contributed by atoms with Crippen LogP contribution in [0.2, 0.25) is 5.02 Å². The van der Waals surface area contributed by atoms with Crippen molar-refractivity contribution in [3.05, 3.63) is 63.4 Å². The van der Waals surface area contributed by atoms with Gasteiger partial charge in [0.15, 0.2) is 0 Å². The lowest BCUT2D eigenvalue weighted by Gasteiger charge is -2.11. The van der Waals surface area contributed by atoms with Crippen LogP contribution in [0, 0.1) is 5.82 Å². The minimum atomic E-state index is -1.09. The van der Waals surface area contributed by atoms with Crippen molar-refractivity contribution >= 4 is 39.6 Å². The second kappa shape index (κ2) is 6.74. The summed E-state index contributed by atoms with van der Waals surface area (Å²) in [5.41, 5.74) is 0.473. The van der Waals surface area contributed by atoms with Crippen LogP contribution in [0.4, 0.5) is 4.39 Å². The number of carbonyl (C=O) groups is 1. The zero-order valence-electron chi connectivity index (χ0n) is 10.5. The summed E-state index contributed by atoms with van der Waals surface area (Å²) in [6, 6.07) is 8.79. The zero-order chi connectivity index (χ0) is 15.4. The van der Waals surface area contributed by atoms with Gasteiger partial charge in [0, 0.05) is 22.7 Å². The first-order valence-corrected chi connectivity index (χ1v) is 6.96. The van der Waals surface area contributed by atoms with E-state index in [2.05, 4.69) is 15.9 Å². The van der Waals surface area contributed by atoms with E-state index in [0.29, 0.717) is 20.8 Å². The Balaban J connectivity index is 2.39. The summed E-state index contributed by atoms with van der Waals surface area (Å²) in [4.78, 5) is 10.6. The summed E-state index contributed by atoms with van der Waals surface area (Å²) >= 11 is 9.14. The van der Waals surface area contributed by atoms with Gasteiger partial charge in [0.1, 0.15) is 17.3 Å². The van der Waals surface area contributed by atoms with Gasteiger partial charge in [0.05, 0.1) is 4.47 Å². The molecule has 0 aliphatic rings. The molecule has 0 saturated heterocycles. The SMILES string of the molecule is O=C(O)/C=C/c1cc(Cl)ccc1Oc1cc(F)ccc1Br. The summed E-state index contributed by atoms with van der Waals surface area (Å²) in [5, 5.41) is 9.12. The third-order valence-corrected chi connectivity index (χ3v) is 3.38. The number of halogens is 3. The lowest BCUT2D eigenvalue weighted by Crippen LogP contribution is -1.91. The maximum Gasteiger partial charge on any atom is 0.328 e.